The molecule has 7 nitrogen and oxygen atoms in total. The van der Waals surface area contributed by atoms with Crippen molar-refractivity contribution in [3.63, 3.8) is 0 Å². The Labute approximate surface area is 161 Å². The minimum Gasteiger partial charge on any atom is -0.495 e. The molecule has 1 aromatic heterocycles. The maximum Gasteiger partial charge on any atom is 0.266 e. The summed E-state index contributed by atoms with van der Waals surface area (Å²) < 4.78 is 16.2. The number of furan rings is 1. The molecule has 1 aliphatic heterocycles. The van der Waals surface area contributed by atoms with Crippen LogP contribution < -0.4 is 15.0 Å². The first kappa shape index (κ1) is 18.8. The third-order valence-electron chi connectivity index (χ3n) is 4.00. The Hall–Kier alpha value is -2.95. The summed E-state index contributed by atoms with van der Waals surface area (Å²) in [6.45, 7) is 2.74. The fourth-order valence-corrected chi connectivity index (χ4v) is 2.80. The third-order valence-corrected chi connectivity index (χ3v) is 4.23. The molecule has 8 heteroatoms. The topological polar surface area (TPSA) is 87.7 Å². The van der Waals surface area contributed by atoms with Gasteiger partial charge in [0, 0.05) is 30.3 Å². The van der Waals surface area contributed by atoms with Crippen LogP contribution in [-0.4, -0.2) is 39.3 Å². The van der Waals surface area contributed by atoms with E-state index in [4.69, 9.17) is 25.5 Å². The molecule has 0 spiro atoms. The highest BCUT2D eigenvalue weighted by molar-refractivity contribution is 6.31. The molecule has 1 aromatic carbocycles. The van der Waals surface area contributed by atoms with Crippen LogP contribution in [-0.2, 0) is 9.53 Å². The number of nitriles is 1. The Morgan fingerprint density at radius 2 is 2.11 bits per heavy atom. The Balaban J connectivity index is 1.76. The fraction of sp³-hybridized carbons (Fsp3) is 0.263. The van der Waals surface area contributed by atoms with Crippen molar-refractivity contribution in [2.75, 3.05) is 43.6 Å². The molecule has 1 fully saturated rings. The maximum atomic E-state index is 12.5. The van der Waals surface area contributed by atoms with Gasteiger partial charge in [-0.1, -0.05) is 11.6 Å². The number of hydrogen-bond acceptors (Lipinski definition) is 6. The zero-order valence-electron chi connectivity index (χ0n) is 14.7. The van der Waals surface area contributed by atoms with Crippen LogP contribution in [0, 0.1) is 11.3 Å². The Bertz CT molecular complexity index is 895. The van der Waals surface area contributed by atoms with Gasteiger partial charge in [0.2, 0.25) is 0 Å². The number of hydrogen-bond donors (Lipinski definition) is 1. The lowest BCUT2D eigenvalue weighted by molar-refractivity contribution is -0.112. The van der Waals surface area contributed by atoms with Gasteiger partial charge in [-0.3, -0.25) is 4.79 Å². The number of carbonyl (C=O) groups excluding carboxylic acids is 1. The minimum atomic E-state index is -0.581. The van der Waals surface area contributed by atoms with Crippen molar-refractivity contribution in [2.45, 2.75) is 0 Å². The molecule has 1 saturated heterocycles. The van der Waals surface area contributed by atoms with Crippen LogP contribution in [0.2, 0.25) is 5.02 Å². The van der Waals surface area contributed by atoms with E-state index in [0.717, 1.165) is 13.1 Å². The van der Waals surface area contributed by atoms with E-state index in [1.54, 1.807) is 24.3 Å². The van der Waals surface area contributed by atoms with E-state index in [0.29, 0.717) is 41.3 Å². The number of rotatable bonds is 5. The molecule has 0 saturated carbocycles. The molecule has 0 radical (unpaired) electrons. The Kier molecular flexibility index (Phi) is 6.01. The van der Waals surface area contributed by atoms with Gasteiger partial charge in [-0.05, 0) is 24.3 Å². The summed E-state index contributed by atoms with van der Waals surface area (Å²) in [5.74, 6) is 0.958. The van der Waals surface area contributed by atoms with Crippen LogP contribution >= 0.6 is 11.6 Å². The van der Waals surface area contributed by atoms with Gasteiger partial charge in [0.25, 0.3) is 5.91 Å². The molecular formula is C19H18ClN3O4. The van der Waals surface area contributed by atoms with Crippen molar-refractivity contribution in [1.82, 2.24) is 0 Å². The SMILES string of the molecule is COc1ccc(Cl)cc1NC(=O)C(C#N)=Cc1ccc(N2CCOCC2)o1. The van der Waals surface area contributed by atoms with E-state index in [-0.39, 0.29) is 5.57 Å². The Morgan fingerprint density at radius 1 is 1.33 bits per heavy atom. The minimum absolute atomic E-state index is 0.0973. The van der Waals surface area contributed by atoms with Crippen molar-refractivity contribution in [2.24, 2.45) is 0 Å². The van der Waals surface area contributed by atoms with Crippen LogP contribution in [0.4, 0.5) is 11.6 Å². The van der Waals surface area contributed by atoms with Gasteiger partial charge in [-0.25, -0.2) is 0 Å². The molecule has 0 unspecified atom stereocenters. The van der Waals surface area contributed by atoms with Crippen LogP contribution in [0.3, 0.4) is 0 Å². The lowest BCUT2D eigenvalue weighted by atomic mass is 10.2. The zero-order valence-corrected chi connectivity index (χ0v) is 15.5. The second kappa shape index (κ2) is 8.62. The smallest absolute Gasteiger partial charge is 0.266 e. The summed E-state index contributed by atoms with van der Waals surface area (Å²) in [5.41, 5.74) is 0.282. The standard InChI is InChI=1S/C19H18ClN3O4/c1-25-17-4-2-14(20)11-16(17)22-19(24)13(12-21)10-15-3-5-18(27-15)23-6-8-26-9-7-23/h2-5,10-11H,6-9H2,1H3,(H,22,24). The van der Waals surface area contributed by atoms with Crippen molar-refractivity contribution in [3.05, 3.63) is 46.7 Å². The maximum absolute atomic E-state index is 12.5. The molecule has 0 aliphatic carbocycles. The zero-order chi connectivity index (χ0) is 19.2. The number of anilines is 2. The number of benzene rings is 1. The number of halogens is 1. The largest absolute Gasteiger partial charge is 0.495 e. The molecule has 1 amide bonds. The van der Waals surface area contributed by atoms with E-state index in [9.17, 15) is 10.1 Å². The van der Waals surface area contributed by atoms with Gasteiger partial charge in [0.15, 0.2) is 5.88 Å². The van der Waals surface area contributed by atoms with Gasteiger partial charge < -0.3 is 24.1 Å². The fourth-order valence-electron chi connectivity index (χ4n) is 2.63. The number of nitrogens with one attached hydrogen (secondary N) is 1. The van der Waals surface area contributed by atoms with Crippen LogP contribution in [0.15, 0.2) is 40.3 Å². The number of carbonyl (C=O) groups is 1. The first-order chi connectivity index (χ1) is 13.1. The lowest BCUT2D eigenvalue weighted by Crippen LogP contribution is -2.35. The molecular weight excluding hydrogens is 370 g/mol. The average molecular weight is 388 g/mol. The van der Waals surface area contributed by atoms with E-state index in [1.165, 1.54) is 13.2 Å². The number of ether oxygens (including phenoxy) is 2. The van der Waals surface area contributed by atoms with Crippen molar-refractivity contribution in [1.29, 1.82) is 5.26 Å². The number of methoxy groups -OCH3 is 1. The number of morpholine rings is 1. The second-order valence-electron chi connectivity index (χ2n) is 5.74. The molecule has 0 atom stereocenters. The average Bonchev–Trinajstić information content (AvgIpc) is 3.15. The van der Waals surface area contributed by atoms with Crippen LogP contribution in [0.5, 0.6) is 5.75 Å². The predicted octanol–water partition coefficient (Wildman–Crippen LogP) is 3.32. The quantitative estimate of drug-likeness (QED) is 0.625. The first-order valence-electron chi connectivity index (χ1n) is 8.30. The highest BCUT2D eigenvalue weighted by Crippen LogP contribution is 2.28. The molecule has 2 heterocycles. The lowest BCUT2D eigenvalue weighted by Gasteiger charge is -2.26. The van der Waals surface area contributed by atoms with Crippen molar-refractivity contribution in [3.8, 4) is 11.8 Å². The van der Waals surface area contributed by atoms with Gasteiger partial charge in [-0.2, -0.15) is 5.26 Å². The van der Waals surface area contributed by atoms with Crippen LogP contribution in [0.25, 0.3) is 6.08 Å². The predicted molar refractivity (Wildman–Crippen MR) is 102 cm³/mol. The summed E-state index contributed by atoms with van der Waals surface area (Å²) in [6.07, 6.45) is 1.40. The summed E-state index contributed by atoms with van der Waals surface area (Å²) in [5, 5.41) is 12.4. The third kappa shape index (κ3) is 4.61. The normalized spacial score (nSPS) is 14.6. The molecule has 140 valence electrons. The number of nitrogens with zero attached hydrogens (tertiary/aromatic N) is 2. The molecule has 0 bridgehead atoms. The molecule has 27 heavy (non-hydrogen) atoms. The molecule has 1 N–H and O–H groups in total. The summed E-state index contributed by atoms with van der Waals surface area (Å²) in [4.78, 5) is 14.5. The number of amides is 1. The molecule has 3 rings (SSSR count). The van der Waals surface area contributed by atoms with Gasteiger partial charge in [-0.15, -0.1) is 0 Å². The highest BCUT2D eigenvalue weighted by atomic mass is 35.5. The van der Waals surface area contributed by atoms with Gasteiger partial charge in [0.05, 0.1) is 26.0 Å². The molecule has 1 aliphatic rings. The van der Waals surface area contributed by atoms with Crippen molar-refractivity contribution < 1.29 is 18.7 Å². The van der Waals surface area contributed by atoms with Crippen LogP contribution in [0.1, 0.15) is 5.76 Å². The summed E-state index contributed by atoms with van der Waals surface area (Å²) in [7, 11) is 1.48. The van der Waals surface area contributed by atoms with Crippen molar-refractivity contribution >= 4 is 35.2 Å². The monoisotopic (exact) mass is 387 g/mol. The molecule has 2 aromatic rings. The highest BCUT2D eigenvalue weighted by Gasteiger charge is 2.16. The summed E-state index contributed by atoms with van der Waals surface area (Å²) >= 11 is 5.96. The van der Waals surface area contributed by atoms with E-state index < -0.39 is 5.91 Å². The second-order valence-corrected chi connectivity index (χ2v) is 6.18. The van der Waals surface area contributed by atoms with Gasteiger partial charge >= 0.3 is 0 Å². The van der Waals surface area contributed by atoms with Gasteiger partial charge in [0.1, 0.15) is 23.2 Å². The summed E-state index contributed by atoms with van der Waals surface area (Å²) in [6, 6.07) is 10.3. The van der Waals surface area contributed by atoms with E-state index in [1.807, 2.05) is 17.0 Å². The van der Waals surface area contributed by atoms with E-state index >= 15 is 0 Å². The Morgan fingerprint density at radius 3 is 2.81 bits per heavy atom. The van der Waals surface area contributed by atoms with E-state index in [2.05, 4.69) is 5.32 Å². The first-order valence-corrected chi connectivity index (χ1v) is 8.67.